The van der Waals surface area contributed by atoms with Crippen molar-refractivity contribution in [3.63, 3.8) is 0 Å². The normalized spacial score (nSPS) is 20.6. The Labute approximate surface area is 289 Å². The molecule has 0 aliphatic carbocycles. The summed E-state index contributed by atoms with van der Waals surface area (Å²) in [6, 6.07) is -7.90. The Morgan fingerprint density at radius 1 is 0.740 bits per heavy atom. The summed E-state index contributed by atoms with van der Waals surface area (Å²) in [5, 5.41) is 33.8. The van der Waals surface area contributed by atoms with Crippen molar-refractivity contribution in [2.75, 3.05) is 26.2 Å². The summed E-state index contributed by atoms with van der Waals surface area (Å²) in [6.45, 7) is 5.52. The van der Waals surface area contributed by atoms with Crippen LogP contribution in [0.1, 0.15) is 60.3 Å². The molecule has 0 aromatic carbocycles. The molecule has 0 saturated carbocycles. The monoisotopic (exact) mass is 711 g/mol. The highest BCUT2D eigenvalue weighted by Gasteiger charge is 2.44. The van der Waals surface area contributed by atoms with E-state index in [0.717, 1.165) is 0 Å². The molecule has 2 aliphatic heterocycles. The third-order valence-electron chi connectivity index (χ3n) is 8.31. The number of amides is 9. The number of nitrogens with zero attached hydrogens (tertiary/aromatic N) is 2. The molecular weight excluding hydrogens is 662 g/mol. The van der Waals surface area contributed by atoms with Crippen LogP contribution in [0.5, 0.6) is 0 Å². The molecule has 50 heavy (non-hydrogen) atoms. The summed E-state index contributed by atoms with van der Waals surface area (Å²) in [7, 11) is 0. The molecular formula is C30H49N9O11. The van der Waals surface area contributed by atoms with Crippen molar-refractivity contribution in [3.8, 4) is 0 Å². The molecule has 10 N–H and O–H groups in total. The first-order valence-corrected chi connectivity index (χ1v) is 16.3. The second-order valence-corrected chi connectivity index (χ2v) is 12.4. The lowest BCUT2D eigenvalue weighted by Crippen LogP contribution is -2.58. The lowest BCUT2D eigenvalue weighted by Gasteiger charge is -2.33. The van der Waals surface area contributed by atoms with E-state index in [4.69, 9.17) is 5.73 Å². The Kier molecular flexibility index (Phi) is 15.5. The molecule has 0 radical (unpaired) electrons. The van der Waals surface area contributed by atoms with Crippen LogP contribution in [0, 0.1) is 0 Å². The number of nitrogens with two attached hydrogens (primary N) is 1. The van der Waals surface area contributed by atoms with Crippen molar-refractivity contribution in [2.45, 2.75) is 109 Å². The summed E-state index contributed by atoms with van der Waals surface area (Å²) in [6.07, 6.45) is 0.366. The predicted molar refractivity (Wildman–Crippen MR) is 173 cm³/mol. The van der Waals surface area contributed by atoms with Gasteiger partial charge < -0.3 is 57.6 Å². The fourth-order valence-electron chi connectivity index (χ4n) is 5.49. The van der Waals surface area contributed by atoms with E-state index in [0.29, 0.717) is 19.3 Å². The Balaban J connectivity index is 1.92. The fourth-order valence-corrected chi connectivity index (χ4v) is 5.49. The number of rotatable bonds is 16. The zero-order valence-electron chi connectivity index (χ0n) is 28.8. The predicted octanol–water partition coefficient (Wildman–Crippen LogP) is -5.55. The van der Waals surface area contributed by atoms with E-state index in [1.165, 1.54) is 44.4 Å². The van der Waals surface area contributed by atoms with E-state index >= 15 is 0 Å². The Hall–Kier alpha value is -4.85. The van der Waals surface area contributed by atoms with Gasteiger partial charge in [0.05, 0.1) is 19.3 Å². The first-order chi connectivity index (χ1) is 23.4. The molecule has 2 rings (SSSR count). The van der Waals surface area contributed by atoms with Gasteiger partial charge in [-0.25, -0.2) is 0 Å². The SMILES string of the molecule is CC(=O)N[C@H](C(=O)N1CCC[C@H]1C(=O)N1CCC[C@H]1C(=O)NCC(=O)N[C@@H](CO)C(=O)N[C@@H](C)C(=O)N[C@@H](C)C(=O)N[C@@H](C)C(N)=O)[C@H](C)O. The maximum Gasteiger partial charge on any atom is 0.248 e. The van der Waals surface area contributed by atoms with Gasteiger partial charge in [0.15, 0.2) is 0 Å². The molecule has 2 fully saturated rings. The molecule has 2 heterocycles. The van der Waals surface area contributed by atoms with Crippen LogP contribution >= 0.6 is 0 Å². The highest BCUT2D eigenvalue weighted by Crippen LogP contribution is 2.26. The number of likely N-dealkylation sites (tertiary alicyclic amines) is 2. The lowest BCUT2D eigenvalue weighted by atomic mass is 10.1. The Morgan fingerprint density at radius 3 is 1.78 bits per heavy atom. The van der Waals surface area contributed by atoms with Crippen LogP contribution in [0.15, 0.2) is 0 Å². The van der Waals surface area contributed by atoms with E-state index in [1.807, 2.05) is 0 Å². The van der Waals surface area contributed by atoms with Gasteiger partial charge in [-0.1, -0.05) is 0 Å². The Morgan fingerprint density at radius 2 is 1.26 bits per heavy atom. The van der Waals surface area contributed by atoms with Gasteiger partial charge in [-0.3, -0.25) is 43.2 Å². The average Bonchev–Trinajstić information content (AvgIpc) is 3.74. The van der Waals surface area contributed by atoms with Gasteiger partial charge in [0, 0.05) is 20.0 Å². The molecule has 0 spiro atoms. The number of carbonyl (C=O) groups is 9. The van der Waals surface area contributed by atoms with Crippen LogP contribution in [-0.2, 0) is 43.2 Å². The van der Waals surface area contributed by atoms with Crippen molar-refractivity contribution in [1.82, 2.24) is 41.7 Å². The maximum absolute atomic E-state index is 13.6. The minimum Gasteiger partial charge on any atom is -0.394 e. The average molecular weight is 712 g/mol. The first-order valence-electron chi connectivity index (χ1n) is 16.3. The van der Waals surface area contributed by atoms with Crippen molar-refractivity contribution in [3.05, 3.63) is 0 Å². The van der Waals surface area contributed by atoms with E-state index in [9.17, 15) is 53.4 Å². The second kappa shape index (κ2) is 18.8. The highest BCUT2D eigenvalue weighted by atomic mass is 16.3. The molecule has 0 aromatic heterocycles. The van der Waals surface area contributed by atoms with Crippen molar-refractivity contribution in [2.24, 2.45) is 5.73 Å². The molecule has 0 aromatic rings. The minimum atomic E-state index is -1.51. The van der Waals surface area contributed by atoms with E-state index in [1.54, 1.807) is 0 Å². The molecule has 0 unspecified atom stereocenters. The van der Waals surface area contributed by atoms with Gasteiger partial charge in [-0.05, 0) is 53.4 Å². The lowest BCUT2D eigenvalue weighted by molar-refractivity contribution is -0.149. The van der Waals surface area contributed by atoms with Crippen molar-refractivity contribution >= 4 is 53.2 Å². The summed E-state index contributed by atoms with van der Waals surface area (Å²) < 4.78 is 0. The number of aliphatic hydroxyl groups is 2. The number of aliphatic hydroxyl groups excluding tert-OH is 2. The fraction of sp³-hybridized carbons (Fsp3) is 0.700. The smallest absolute Gasteiger partial charge is 0.248 e. The summed E-state index contributed by atoms with van der Waals surface area (Å²) in [5.74, 6) is -6.32. The molecule has 20 nitrogen and oxygen atoms in total. The molecule has 2 saturated heterocycles. The molecule has 280 valence electrons. The van der Waals surface area contributed by atoms with Crippen LogP contribution in [0.3, 0.4) is 0 Å². The molecule has 9 amide bonds. The van der Waals surface area contributed by atoms with Gasteiger partial charge in [0.2, 0.25) is 53.2 Å². The molecule has 0 bridgehead atoms. The summed E-state index contributed by atoms with van der Waals surface area (Å²) in [4.78, 5) is 115. The standard InChI is InChI=1S/C30H49N9O11/c1-14(24(31)44)33-25(45)15(2)34-26(46)16(3)35-27(47)19(13-40)37-22(43)12-32-28(48)20-8-6-10-38(20)29(49)21-9-7-11-39(21)30(50)23(17(4)41)36-18(5)42/h14-17,19-21,23,40-41H,6-13H2,1-5H3,(H2,31,44)(H,32,48)(H,33,45)(H,34,46)(H,35,47)(H,36,42)(H,37,43)/t14-,15-,16-,17-,19-,20-,21-,23-/m0/s1. The number of nitrogens with one attached hydrogen (secondary N) is 6. The van der Waals surface area contributed by atoms with Crippen molar-refractivity contribution in [1.29, 1.82) is 0 Å². The highest BCUT2D eigenvalue weighted by molar-refractivity contribution is 5.97. The number of hydrogen-bond acceptors (Lipinski definition) is 11. The van der Waals surface area contributed by atoms with Crippen LogP contribution < -0.4 is 37.6 Å². The third-order valence-corrected chi connectivity index (χ3v) is 8.31. The largest absolute Gasteiger partial charge is 0.394 e. The summed E-state index contributed by atoms with van der Waals surface area (Å²) >= 11 is 0. The van der Waals surface area contributed by atoms with Crippen LogP contribution in [-0.4, -0.2) is 148 Å². The number of carbonyl (C=O) groups excluding carboxylic acids is 9. The van der Waals surface area contributed by atoms with E-state index in [-0.39, 0.29) is 19.5 Å². The summed E-state index contributed by atoms with van der Waals surface area (Å²) in [5.41, 5.74) is 5.10. The second-order valence-electron chi connectivity index (χ2n) is 12.4. The minimum absolute atomic E-state index is 0.222. The number of primary amides is 1. The molecule has 2 aliphatic rings. The molecule has 8 atom stereocenters. The van der Waals surface area contributed by atoms with E-state index in [2.05, 4.69) is 31.9 Å². The number of hydrogen-bond donors (Lipinski definition) is 9. The van der Waals surface area contributed by atoms with Crippen LogP contribution in [0.2, 0.25) is 0 Å². The quantitative estimate of drug-likeness (QED) is 0.0727. The zero-order valence-corrected chi connectivity index (χ0v) is 28.8. The van der Waals surface area contributed by atoms with Gasteiger partial charge in [-0.2, -0.15) is 0 Å². The van der Waals surface area contributed by atoms with Crippen LogP contribution in [0.25, 0.3) is 0 Å². The van der Waals surface area contributed by atoms with Gasteiger partial charge in [-0.15, -0.1) is 0 Å². The van der Waals surface area contributed by atoms with Gasteiger partial charge in [0.25, 0.3) is 0 Å². The molecule has 20 heteroatoms. The Bertz CT molecular complexity index is 1330. The zero-order chi connectivity index (χ0) is 37.9. The van der Waals surface area contributed by atoms with E-state index < -0.39 is 115 Å². The topological polar surface area (TPSA) is 299 Å². The van der Waals surface area contributed by atoms with Gasteiger partial charge >= 0.3 is 0 Å². The van der Waals surface area contributed by atoms with Gasteiger partial charge in [0.1, 0.15) is 42.3 Å². The first kappa shape index (κ1) is 41.3. The third kappa shape index (κ3) is 11.4. The van der Waals surface area contributed by atoms with Crippen LogP contribution in [0.4, 0.5) is 0 Å². The van der Waals surface area contributed by atoms with Crippen molar-refractivity contribution < 1.29 is 53.4 Å². The maximum atomic E-state index is 13.6.